The molecule has 6 rings (SSSR count). The SMILES string of the molecule is O=C(c1nc2ccccc2n1Cc1ccc(F)cc1)C1CCN(CCn2c(=S)[nH]c3ccccc3c2=O)CC1. The summed E-state index contributed by atoms with van der Waals surface area (Å²) in [6.07, 6.45) is 1.44. The van der Waals surface area contributed by atoms with Crippen molar-refractivity contribution < 1.29 is 9.18 Å². The fourth-order valence-electron chi connectivity index (χ4n) is 5.44. The third-order valence-electron chi connectivity index (χ3n) is 7.62. The molecule has 0 aliphatic carbocycles. The van der Waals surface area contributed by atoms with Crippen molar-refractivity contribution in [1.82, 2.24) is 24.0 Å². The summed E-state index contributed by atoms with van der Waals surface area (Å²) < 4.78 is 17.4. The lowest BCUT2D eigenvalue weighted by Crippen LogP contribution is -2.39. The maximum Gasteiger partial charge on any atom is 0.262 e. The zero-order valence-electron chi connectivity index (χ0n) is 21.3. The minimum Gasteiger partial charge on any atom is -0.332 e. The van der Waals surface area contributed by atoms with Crippen LogP contribution in [0.4, 0.5) is 4.39 Å². The molecule has 3 aromatic carbocycles. The van der Waals surface area contributed by atoms with Crippen LogP contribution in [0, 0.1) is 16.5 Å². The van der Waals surface area contributed by atoms with Crippen LogP contribution in [0.15, 0.2) is 77.6 Å². The second-order valence-corrected chi connectivity index (χ2v) is 10.4. The number of H-pyrrole nitrogens is 1. The van der Waals surface area contributed by atoms with Crippen LogP contribution in [-0.2, 0) is 13.1 Å². The van der Waals surface area contributed by atoms with Gasteiger partial charge in [0.05, 0.1) is 21.9 Å². The smallest absolute Gasteiger partial charge is 0.262 e. The van der Waals surface area contributed by atoms with Gasteiger partial charge in [-0.3, -0.25) is 14.2 Å². The van der Waals surface area contributed by atoms with E-state index in [4.69, 9.17) is 17.2 Å². The molecule has 9 heteroatoms. The van der Waals surface area contributed by atoms with Crippen LogP contribution in [0.3, 0.4) is 0 Å². The van der Waals surface area contributed by atoms with Gasteiger partial charge in [-0.1, -0.05) is 36.4 Å². The van der Waals surface area contributed by atoms with Gasteiger partial charge in [-0.2, -0.15) is 0 Å². The number of hydrogen-bond donors (Lipinski definition) is 1. The summed E-state index contributed by atoms with van der Waals surface area (Å²) in [7, 11) is 0. The first-order valence-electron chi connectivity index (χ1n) is 13.2. The van der Waals surface area contributed by atoms with Gasteiger partial charge in [-0.05, 0) is 80.1 Å². The van der Waals surface area contributed by atoms with Crippen molar-refractivity contribution in [2.45, 2.75) is 25.9 Å². The molecule has 0 saturated carbocycles. The van der Waals surface area contributed by atoms with Gasteiger partial charge in [0.25, 0.3) is 5.56 Å². The minimum atomic E-state index is -0.287. The number of benzene rings is 3. The average Bonchev–Trinajstić information content (AvgIpc) is 3.32. The Morgan fingerprint density at radius 3 is 2.46 bits per heavy atom. The fraction of sp³-hybridized carbons (Fsp3) is 0.267. The van der Waals surface area contributed by atoms with Crippen molar-refractivity contribution in [2.75, 3.05) is 19.6 Å². The summed E-state index contributed by atoms with van der Waals surface area (Å²) in [6.45, 7) is 3.13. The van der Waals surface area contributed by atoms with Gasteiger partial charge >= 0.3 is 0 Å². The number of imidazole rings is 1. The van der Waals surface area contributed by atoms with E-state index in [0.717, 1.165) is 48.0 Å². The number of para-hydroxylation sites is 3. The fourth-order valence-corrected chi connectivity index (χ4v) is 5.72. The first kappa shape index (κ1) is 25.3. The highest BCUT2D eigenvalue weighted by atomic mass is 32.1. The second-order valence-electron chi connectivity index (χ2n) is 10.0. The average molecular weight is 542 g/mol. The summed E-state index contributed by atoms with van der Waals surface area (Å²) in [6, 6.07) is 21.5. The highest BCUT2D eigenvalue weighted by Gasteiger charge is 2.29. The van der Waals surface area contributed by atoms with E-state index in [1.807, 2.05) is 47.0 Å². The van der Waals surface area contributed by atoms with Crippen molar-refractivity contribution in [3.05, 3.63) is 105 Å². The Bertz CT molecular complexity index is 1780. The number of piperidine rings is 1. The third-order valence-corrected chi connectivity index (χ3v) is 7.94. The lowest BCUT2D eigenvalue weighted by Gasteiger charge is -2.31. The number of nitrogens with zero attached hydrogens (tertiary/aromatic N) is 4. The molecule has 2 aromatic heterocycles. The first-order chi connectivity index (χ1) is 19.0. The minimum absolute atomic E-state index is 0.0427. The molecule has 0 atom stereocenters. The predicted molar refractivity (Wildman–Crippen MR) is 152 cm³/mol. The molecular formula is C30H28FN5O2S. The molecule has 1 saturated heterocycles. The monoisotopic (exact) mass is 541 g/mol. The number of Topliss-reactive ketones (excluding diaryl/α,β-unsaturated/α-hetero) is 1. The number of fused-ring (bicyclic) bond motifs is 2. The molecule has 0 radical (unpaired) electrons. The number of ketones is 1. The number of carbonyl (C=O) groups is 1. The molecule has 1 fully saturated rings. The van der Waals surface area contributed by atoms with E-state index in [1.54, 1.807) is 22.8 Å². The van der Waals surface area contributed by atoms with Gasteiger partial charge < -0.3 is 14.5 Å². The summed E-state index contributed by atoms with van der Waals surface area (Å²) >= 11 is 5.45. The lowest BCUT2D eigenvalue weighted by molar-refractivity contribution is 0.0823. The second kappa shape index (κ2) is 10.7. The zero-order chi connectivity index (χ0) is 26.9. The predicted octanol–water partition coefficient (Wildman–Crippen LogP) is 5.19. The molecule has 0 spiro atoms. The van der Waals surface area contributed by atoms with E-state index in [9.17, 15) is 14.0 Å². The van der Waals surface area contributed by atoms with Gasteiger partial charge in [0.15, 0.2) is 10.6 Å². The Kier molecular flexibility index (Phi) is 6.93. The number of nitrogens with one attached hydrogen (secondary N) is 1. The lowest BCUT2D eigenvalue weighted by atomic mass is 9.92. The molecular weight excluding hydrogens is 513 g/mol. The van der Waals surface area contributed by atoms with E-state index in [-0.39, 0.29) is 23.1 Å². The van der Waals surface area contributed by atoms with Crippen LogP contribution < -0.4 is 5.56 Å². The van der Waals surface area contributed by atoms with Crippen LogP contribution in [0.2, 0.25) is 0 Å². The van der Waals surface area contributed by atoms with Crippen molar-refractivity contribution in [1.29, 1.82) is 0 Å². The van der Waals surface area contributed by atoms with Gasteiger partial charge in [0, 0.05) is 25.6 Å². The number of likely N-dealkylation sites (tertiary alicyclic amines) is 1. The van der Waals surface area contributed by atoms with E-state index in [1.165, 1.54) is 12.1 Å². The van der Waals surface area contributed by atoms with E-state index in [0.29, 0.717) is 35.6 Å². The highest BCUT2D eigenvalue weighted by Crippen LogP contribution is 2.25. The summed E-state index contributed by atoms with van der Waals surface area (Å²) in [4.78, 5) is 36.8. The van der Waals surface area contributed by atoms with Crippen molar-refractivity contribution >= 4 is 39.9 Å². The van der Waals surface area contributed by atoms with Crippen molar-refractivity contribution in [3.63, 3.8) is 0 Å². The Morgan fingerprint density at radius 1 is 0.949 bits per heavy atom. The molecule has 1 N–H and O–H groups in total. The molecule has 5 aromatic rings. The number of carbonyl (C=O) groups excluding carboxylic acids is 1. The number of rotatable bonds is 7. The Labute approximate surface area is 229 Å². The van der Waals surface area contributed by atoms with Crippen LogP contribution in [0.5, 0.6) is 0 Å². The summed E-state index contributed by atoms with van der Waals surface area (Å²) in [5.74, 6) is 0.0789. The zero-order valence-corrected chi connectivity index (χ0v) is 22.2. The number of aromatic amines is 1. The number of halogens is 1. The van der Waals surface area contributed by atoms with Crippen LogP contribution in [0.25, 0.3) is 21.9 Å². The van der Waals surface area contributed by atoms with E-state index < -0.39 is 0 Å². The summed E-state index contributed by atoms with van der Waals surface area (Å²) in [5.41, 5.74) is 3.23. The molecule has 1 aliphatic heterocycles. The van der Waals surface area contributed by atoms with E-state index in [2.05, 4.69) is 9.88 Å². The molecule has 0 unspecified atom stereocenters. The molecule has 39 heavy (non-hydrogen) atoms. The van der Waals surface area contributed by atoms with Gasteiger partial charge in [0.2, 0.25) is 5.78 Å². The van der Waals surface area contributed by atoms with Gasteiger partial charge in [-0.15, -0.1) is 0 Å². The topological polar surface area (TPSA) is 75.9 Å². The number of hydrogen-bond acceptors (Lipinski definition) is 5. The van der Waals surface area contributed by atoms with Crippen molar-refractivity contribution in [3.8, 4) is 0 Å². The van der Waals surface area contributed by atoms with Crippen LogP contribution in [-0.4, -0.2) is 49.4 Å². The van der Waals surface area contributed by atoms with Gasteiger partial charge in [-0.25, -0.2) is 9.37 Å². The molecule has 0 amide bonds. The molecule has 1 aliphatic rings. The quantitative estimate of drug-likeness (QED) is 0.227. The molecule has 7 nitrogen and oxygen atoms in total. The maximum atomic E-state index is 13.7. The Morgan fingerprint density at radius 2 is 1.67 bits per heavy atom. The van der Waals surface area contributed by atoms with Gasteiger partial charge in [0.1, 0.15) is 5.82 Å². The van der Waals surface area contributed by atoms with Crippen molar-refractivity contribution in [2.24, 2.45) is 5.92 Å². The Hall–Kier alpha value is -3.95. The molecule has 0 bridgehead atoms. The summed E-state index contributed by atoms with van der Waals surface area (Å²) in [5, 5.41) is 0.624. The van der Waals surface area contributed by atoms with E-state index >= 15 is 0 Å². The largest absolute Gasteiger partial charge is 0.332 e. The normalized spacial score (nSPS) is 14.8. The molecule has 198 valence electrons. The molecule has 3 heterocycles. The third kappa shape index (κ3) is 5.07. The van der Waals surface area contributed by atoms with Crippen LogP contribution in [0.1, 0.15) is 29.0 Å². The number of aromatic nitrogens is 4. The van der Waals surface area contributed by atoms with Crippen LogP contribution >= 0.6 is 12.2 Å². The first-order valence-corrected chi connectivity index (χ1v) is 13.6. The Balaban J connectivity index is 1.15. The highest BCUT2D eigenvalue weighted by molar-refractivity contribution is 7.71. The standard InChI is InChI=1S/C30H28FN5O2S/c31-22-11-9-20(10-12-22)19-36-26-8-4-3-7-25(26)32-28(36)27(37)21-13-15-34(16-14-21)17-18-35-29(38)23-5-1-2-6-24(23)33-30(35)39/h1-12,21H,13-19H2,(H,33,39). The maximum absolute atomic E-state index is 13.7.